The molecule has 122 valence electrons. The summed E-state index contributed by atoms with van der Waals surface area (Å²) in [6.07, 6.45) is 0.962. The molecule has 0 saturated heterocycles. The average molecular weight is 303 g/mol. The average Bonchev–Trinajstić information content (AvgIpc) is 2.98. The molecule has 0 spiro atoms. The third-order valence-electron chi connectivity index (χ3n) is 3.40. The van der Waals surface area contributed by atoms with Crippen molar-refractivity contribution >= 4 is 0 Å². The number of benzene rings is 1. The van der Waals surface area contributed by atoms with E-state index in [1.165, 1.54) is 11.1 Å². The van der Waals surface area contributed by atoms with Crippen molar-refractivity contribution in [2.45, 2.75) is 47.1 Å². The molecule has 1 aliphatic heterocycles. The molecule has 0 fully saturated rings. The minimum absolute atomic E-state index is 0.210. The Labute approximate surface area is 134 Å². The predicted octanol–water partition coefficient (Wildman–Crippen LogP) is 4.88. The Morgan fingerprint density at radius 1 is 1.14 bits per heavy atom. The van der Waals surface area contributed by atoms with Crippen LogP contribution in [0.3, 0.4) is 0 Å². The second kappa shape index (κ2) is 9.31. The molecule has 2 heterocycles. The van der Waals surface area contributed by atoms with Crippen LogP contribution in [0, 0.1) is 6.92 Å². The minimum atomic E-state index is 0.210. The SMILES string of the molecule is CC.CC.COc1cccc(C2NCCc3oc(C)cc32)c1. The highest BCUT2D eigenvalue weighted by atomic mass is 16.5. The van der Waals surface area contributed by atoms with Gasteiger partial charge in [-0.3, -0.25) is 0 Å². The van der Waals surface area contributed by atoms with E-state index in [2.05, 4.69) is 23.5 Å². The first kappa shape index (κ1) is 18.3. The van der Waals surface area contributed by atoms with Crippen molar-refractivity contribution in [3.05, 3.63) is 53.0 Å². The summed E-state index contributed by atoms with van der Waals surface area (Å²) < 4.78 is 11.0. The second-order valence-electron chi connectivity index (χ2n) is 4.65. The Morgan fingerprint density at radius 2 is 1.86 bits per heavy atom. The molecule has 0 amide bonds. The number of nitrogens with one attached hydrogen (secondary N) is 1. The molecule has 1 atom stereocenters. The highest BCUT2D eigenvalue weighted by Crippen LogP contribution is 2.32. The standard InChI is InChI=1S/C15H17NO2.2C2H6/c1-10-8-13-14(18-10)6-7-16-15(13)11-4-3-5-12(9-11)17-2;2*1-2/h3-5,8-9,15-16H,6-7H2,1-2H3;2*1-2H3. The minimum Gasteiger partial charge on any atom is -0.497 e. The van der Waals surface area contributed by atoms with Gasteiger partial charge in [0.25, 0.3) is 0 Å². The van der Waals surface area contributed by atoms with E-state index in [-0.39, 0.29) is 6.04 Å². The molecule has 3 rings (SSSR count). The summed E-state index contributed by atoms with van der Waals surface area (Å²) in [5.74, 6) is 2.98. The van der Waals surface area contributed by atoms with E-state index in [4.69, 9.17) is 9.15 Å². The molecule has 0 saturated carbocycles. The van der Waals surface area contributed by atoms with Crippen molar-refractivity contribution in [1.82, 2.24) is 5.32 Å². The van der Waals surface area contributed by atoms with Crippen LogP contribution in [-0.4, -0.2) is 13.7 Å². The summed E-state index contributed by atoms with van der Waals surface area (Å²) in [5, 5.41) is 3.54. The lowest BCUT2D eigenvalue weighted by atomic mass is 9.95. The van der Waals surface area contributed by atoms with Gasteiger partial charge in [0.2, 0.25) is 0 Å². The van der Waals surface area contributed by atoms with Gasteiger partial charge < -0.3 is 14.5 Å². The lowest BCUT2D eigenvalue weighted by molar-refractivity contribution is 0.412. The van der Waals surface area contributed by atoms with Gasteiger partial charge in [0, 0.05) is 18.5 Å². The van der Waals surface area contributed by atoms with Crippen molar-refractivity contribution in [2.24, 2.45) is 0 Å². The molecule has 1 unspecified atom stereocenters. The van der Waals surface area contributed by atoms with Crippen LogP contribution >= 0.6 is 0 Å². The topological polar surface area (TPSA) is 34.4 Å². The summed E-state index contributed by atoms with van der Waals surface area (Å²) in [7, 11) is 1.70. The van der Waals surface area contributed by atoms with Crippen LogP contribution in [-0.2, 0) is 6.42 Å². The molecule has 3 nitrogen and oxygen atoms in total. The van der Waals surface area contributed by atoms with E-state index in [9.17, 15) is 0 Å². The maximum Gasteiger partial charge on any atom is 0.119 e. The van der Waals surface area contributed by atoms with Crippen molar-refractivity contribution in [3.8, 4) is 5.75 Å². The van der Waals surface area contributed by atoms with E-state index in [0.29, 0.717) is 0 Å². The largest absolute Gasteiger partial charge is 0.497 e. The van der Waals surface area contributed by atoms with E-state index in [0.717, 1.165) is 30.2 Å². The number of hydrogen-bond acceptors (Lipinski definition) is 3. The van der Waals surface area contributed by atoms with E-state index in [1.54, 1.807) is 7.11 Å². The summed E-state index contributed by atoms with van der Waals surface area (Å²) in [5.41, 5.74) is 2.48. The highest BCUT2D eigenvalue weighted by Gasteiger charge is 2.24. The van der Waals surface area contributed by atoms with Gasteiger partial charge >= 0.3 is 0 Å². The van der Waals surface area contributed by atoms with E-state index in [1.807, 2.05) is 46.8 Å². The molecule has 1 aliphatic rings. The summed E-state index contributed by atoms with van der Waals surface area (Å²) in [4.78, 5) is 0. The summed E-state index contributed by atoms with van der Waals surface area (Å²) in [6.45, 7) is 10.9. The monoisotopic (exact) mass is 303 g/mol. The van der Waals surface area contributed by atoms with Gasteiger partial charge in [0.15, 0.2) is 0 Å². The lowest BCUT2D eigenvalue weighted by Crippen LogP contribution is -2.29. The fourth-order valence-electron chi connectivity index (χ4n) is 2.58. The van der Waals surface area contributed by atoms with Crippen LogP contribution in [0.5, 0.6) is 5.75 Å². The first-order valence-corrected chi connectivity index (χ1v) is 8.24. The molecule has 0 bridgehead atoms. The van der Waals surface area contributed by atoms with Gasteiger partial charge in [-0.2, -0.15) is 0 Å². The quantitative estimate of drug-likeness (QED) is 0.858. The number of rotatable bonds is 2. The molecule has 1 aromatic carbocycles. The van der Waals surface area contributed by atoms with Gasteiger partial charge in [-0.15, -0.1) is 0 Å². The normalized spacial score (nSPS) is 15.6. The van der Waals surface area contributed by atoms with Crippen LogP contribution in [0.4, 0.5) is 0 Å². The zero-order chi connectivity index (χ0) is 16.5. The maximum absolute atomic E-state index is 5.74. The number of hydrogen-bond donors (Lipinski definition) is 1. The van der Waals surface area contributed by atoms with Gasteiger partial charge in [-0.1, -0.05) is 39.8 Å². The van der Waals surface area contributed by atoms with Gasteiger partial charge in [-0.05, 0) is 30.7 Å². The second-order valence-corrected chi connectivity index (χ2v) is 4.65. The predicted molar refractivity (Wildman–Crippen MR) is 92.7 cm³/mol. The fourth-order valence-corrected chi connectivity index (χ4v) is 2.58. The number of fused-ring (bicyclic) bond motifs is 1. The Kier molecular flexibility index (Phi) is 7.75. The lowest BCUT2D eigenvalue weighted by Gasteiger charge is -2.23. The number of aryl methyl sites for hydroxylation is 1. The molecule has 22 heavy (non-hydrogen) atoms. The van der Waals surface area contributed by atoms with Gasteiger partial charge in [0.1, 0.15) is 17.3 Å². The van der Waals surface area contributed by atoms with Crippen LogP contribution in [0.15, 0.2) is 34.7 Å². The molecular formula is C19H29NO2. The molecular weight excluding hydrogens is 274 g/mol. The van der Waals surface area contributed by atoms with Crippen molar-refractivity contribution in [1.29, 1.82) is 0 Å². The molecule has 3 heteroatoms. The highest BCUT2D eigenvalue weighted by molar-refractivity contribution is 5.39. The number of furan rings is 1. The van der Waals surface area contributed by atoms with Crippen LogP contribution in [0.1, 0.15) is 56.4 Å². The Hall–Kier alpha value is -1.74. The Morgan fingerprint density at radius 3 is 2.55 bits per heavy atom. The van der Waals surface area contributed by atoms with E-state index < -0.39 is 0 Å². The zero-order valence-electron chi connectivity index (χ0n) is 14.7. The van der Waals surface area contributed by atoms with Crippen molar-refractivity contribution in [2.75, 3.05) is 13.7 Å². The smallest absolute Gasteiger partial charge is 0.119 e. The first-order chi connectivity index (χ1) is 10.8. The Balaban J connectivity index is 0.000000561. The van der Waals surface area contributed by atoms with E-state index >= 15 is 0 Å². The van der Waals surface area contributed by atoms with Crippen LogP contribution < -0.4 is 10.1 Å². The summed E-state index contributed by atoms with van der Waals surface area (Å²) >= 11 is 0. The summed E-state index contributed by atoms with van der Waals surface area (Å²) in [6, 6.07) is 10.5. The van der Waals surface area contributed by atoms with Gasteiger partial charge in [0.05, 0.1) is 13.2 Å². The van der Waals surface area contributed by atoms with Crippen LogP contribution in [0.2, 0.25) is 0 Å². The molecule has 1 aromatic heterocycles. The van der Waals surface area contributed by atoms with Gasteiger partial charge in [-0.25, -0.2) is 0 Å². The first-order valence-electron chi connectivity index (χ1n) is 8.24. The molecule has 0 aliphatic carbocycles. The molecule has 2 aromatic rings. The van der Waals surface area contributed by atoms with Crippen LogP contribution in [0.25, 0.3) is 0 Å². The fraction of sp³-hybridized carbons (Fsp3) is 0.474. The number of ether oxygens (including phenoxy) is 1. The van der Waals surface area contributed by atoms with Crippen molar-refractivity contribution < 1.29 is 9.15 Å². The molecule has 0 radical (unpaired) electrons. The zero-order valence-corrected chi connectivity index (χ0v) is 14.7. The Bertz CT molecular complexity index is 560. The van der Waals surface area contributed by atoms with Crippen molar-refractivity contribution in [3.63, 3.8) is 0 Å². The third kappa shape index (κ3) is 4.14. The maximum atomic E-state index is 5.74. The third-order valence-corrected chi connectivity index (χ3v) is 3.40. The molecule has 1 N–H and O–H groups in total. The number of methoxy groups -OCH3 is 1.